The number of hydrogen-bond acceptors (Lipinski definition) is 3. The fraction of sp³-hybridized carbons (Fsp3) is 0.688. The van der Waals surface area contributed by atoms with E-state index in [0.717, 1.165) is 32.2 Å². The third-order valence-corrected chi connectivity index (χ3v) is 4.07. The van der Waals surface area contributed by atoms with Crippen molar-refractivity contribution in [3.8, 4) is 5.88 Å². The molecular weight excluding hydrogens is 255 g/mol. The lowest BCUT2D eigenvalue weighted by atomic mass is 9.76. The van der Waals surface area contributed by atoms with Gasteiger partial charge in [0, 0.05) is 18.3 Å². The predicted molar refractivity (Wildman–Crippen MR) is 78.2 cm³/mol. The highest BCUT2D eigenvalue weighted by Gasteiger charge is 2.28. The predicted octanol–water partition coefficient (Wildman–Crippen LogP) is 3.68. The monoisotopic (exact) mass is 280 g/mol. The minimum Gasteiger partial charge on any atom is -0.472 e. The molecule has 1 N–H and O–H groups in total. The summed E-state index contributed by atoms with van der Waals surface area (Å²) in [6, 6.07) is 1.70. The number of hydrogen-bond donors (Lipinski definition) is 1. The summed E-state index contributed by atoms with van der Waals surface area (Å²) in [6.07, 6.45) is 5.92. The lowest BCUT2D eigenvalue weighted by Crippen LogP contribution is -2.29. The van der Waals surface area contributed by atoms with Gasteiger partial charge in [0.25, 0.3) is 5.88 Å². The fourth-order valence-corrected chi connectivity index (χ4v) is 2.59. The van der Waals surface area contributed by atoms with Gasteiger partial charge in [-0.3, -0.25) is 0 Å². The second kappa shape index (κ2) is 6.53. The van der Waals surface area contributed by atoms with Crippen LogP contribution in [-0.2, 0) is 6.54 Å². The van der Waals surface area contributed by atoms with E-state index in [0.29, 0.717) is 17.5 Å². The molecule has 0 unspecified atom stereocenters. The van der Waals surface area contributed by atoms with Crippen molar-refractivity contribution in [1.29, 1.82) is 0 Å². The summed E-state index contributed by atoms with van der Waals surface area (Å²) in [5, 5.41) is 3.12. The third-order valence-electron chi connectivity index (χ3n) is 4.07. The Morgan fingerprint density at radius 3 is 2.75 bits per heavy atom. The zero-order chi connectivity index (χ0) is 14.6. The molecule has 1 aromatic heterocycles. The maximum absolute atomic E-state index is 14.3. The Bertz CT molecular complexity index is 438. The highest BCUT2D eigenvalue weighted by molar-refractivity contribution is 5.23. The number of nitrogens with one attached hydrogen (secondary N) is 1. The van der Waals surface area contributed by atoms with Crippen molar-refractivity contribution in [2.24, 2.45) is 5.41 Å². The van der Waals surface area contributed by atoms with E-state index in [9.17, 15) is 4.39 Å². The van der Waals surface area contributed by atoms with Crippen LogP contribution in [0.15, 0.2) is 12.3 Å². The van der Waals surface area contributed by atoms with Gasteiger partial charge in [0.1, 0.15) is 6.10 Å². The summed E-state index contributed by atoms with van der Waals surface area (Å²) < 4.78 is 20.1. The fourth-order valence-electron chi connectivity index (χ4n) is 2.59. The van der Waals surface area contributed by atoms with Crippen molar-refractivity contribution in [2.75, 3.05) is 6.54 Å². The number of nitrogens with zero attached hydrogens (tertiary/aromatic N) is 1. The van der Waals surface area contributed by atoms with Crippen molar-refractivity contribution in [3.63, 3.8) is 0 Å². The van der Waals surface area contributed by atoms with Crippen molar-refractivity contribution < 1.29 is 9.13 Å². The minimum absolute atomic E-state index is 0.0967. The number of pyridine rings is 1. The van der Waals surface area contributed by atoms with E-state index in [4.69, 9.17) is 4.74 Å². The van der Waals surface area contributed by atoms with E-state index in [2.05, 4.69) is 24.1 Å². The van der Waals surface area contributed by atoms with Crippen LogP contribution in [0, 0.1) is 11.2 Å². The Balaban J connectivity index is 1.99. The van der Waals surface area contributed by atoms with Crippen LogP contribution in [0.3, 0.4) is 0 Å². The Morgan fingerprint density at radius 2 is 2.10 bits per heavy atom. The van der Waals surface area contributed by atoms with E-state index >= 15 is 0 Å². The second-order valence-electron chi connectivity index (χ2n) is 6.35. The van der Waals surface area contributed by atoms with Gasteiger partial charge in [-0.2, -0.15) is 0 Å². The van der Waals surface area contributed by atoms with Gasteiger partial charge in [-0.05, 0) is 43.7 Å². The standard InChI is InChI=1S/C16H25FN2O/c1-4-18-11-12-7-10-19-15(14(12)17)20-13-5-8-16(2,3)9-6-13/h7,10,13,18H,4-6,8-9,11H2,1-3H3. The molecule has 4 heteroatoms. The van der Waals surface area contributed by atoms with Crippen LogP contribution in [0.1, 0.15) is 52.0 Å². The van der Waals surface area contributed by atoms with Crippen LogP contribution in [0.25, 0.3) is 0 Å². The van der Waals surface area contributed by atoms with Crippen LogP contribution >= 0.6 is 0 Å². The number of ether oxygens (including phenoxy) is 1. The lowest BCUT2D eigenvalue weighted by molar-refractivity contribution is 0.0908. The van der Waals surface area contributed by atoms with E-state index in [-0.39, 0.29) is 17.8 Å². The first-order valence-electron chi connectivity index (χ1n) is 7.52. The molecule has 0 atom stereocenters. The Labute approximate surface area is 120 Å². The van der Waals surface area contributed by atoms with Gasteiger partial charge in [-0.15, -0.1) is 0 Å². The summed E-state index contributed by atoms with van der Waals surface area (Å²) >= 11 is 0. The average Bonchev–Trinajstić information content (AvgIpc) is 2.42. The van der Waals surface area contributed by atoms with E-state index < -0.39 is 0 Å². The molecule has 0 saturated heterocycles. The number of rotatable bonds is 5. The van der Waals surface area contributed by atoms with Gasteiger partial charge in [-0.1, -0.05) is 20.8 Å². The SMILES string of the molecule is CCNCc1ccnc(OC2CCC(C)(C)CC2)c1F. The summed E-state index contributed by atoms with van der Waals surface area (Å²) in [5.41, 5.74) is 1.01. The molecule has 0 bridgehead atoms. The number of aromatic nitrogens is 1. The quantitative estimate of drug-likeness (QED) is 0.893. The summed E-state index contributed by atoms with van der Waals surface area (Å²) in [7, 11) is 0. The highest BCUT2D eigenvalue weighted by atomic mass is 19.1. The lowest BCUT2D eigenvalue weighted by Gasteiger charge is -2.34. The van der Waals surface area contributed by atoms with Gasteiger partial charge in [0.15, 0.2) is 5.82 Å². The average molecular weight is 280 g/mol. The first-order valence-corrected chi connectivity index (χ1v) is 7.52. The highest BCUT2D eigenvalue weighted by Crippen LogP contribution is 2.36. The molecule has 0 radical (unpaired) electrons. The van der Waals surface area contributed by atoms with Crippen molar-refractivity contribution in [1.82, 2.24) is 10.3 Å². The molecule has 0 amide bonds. The molecule has 3 nitrogen and oxygen atoms in total. The van der Waals surface area contributed by atoms with Gasteiger partial charge in [0.2, 0.25) is 0 Å². The maximum Gasteiger partial charge on any atom is 0.250 e. The minimum atomic E-state index is -0.321. The Morgan fingerprint density at radius 1 is 1.40 bits per heavy atom. The molecule has 1 aliphatic carbocycles. The molecule has 1 aromatic rings. The molecule has 2 rings (SSSR count). The van der Waals surface area contributed by atoms with Gasteiger partial charge < -0.3 is 10.1 Å². The van der Waals surface area contributed by atoms with Gasteiger partial charge in [0.05, 0.1) is 0 Å². The topological polar surface area (TPSA) is 34.2 Å². The van der Waals surface area contributed by atoms with Crippen LogP contribution in [0.2, 0.25) is 0 Å². The summed E-state index contributed by atoms with van der Waals surface area (Å²) in [5.74, 6) is -0.164. The Kier molecular flexibility index (Phi) is 4.97. The first-order chi connectivity index (χ1) is 9.52. The largest absolute Gasteiger partial charge is 0.472 e. The molecular formula is C16H25FN2O. The van der Waals surface area contributed by atoms with Crippen LogP contribution in [-0.4, -0.2) is 17.6 Å². The molecule has 0 aliphatic heterocycles. The summed E-state index contributed by atoms with van der Waals surface area (Å²) in [4.78, 5) is 4.05. The van der Waals surface area contributed by atoms with E-state index in [1.165, 1.54) is 0 Å². The first kappa shape index (κ1) is 15.2. The molecule has 1 aliphatic rings. The van der Waals surface area contributed by atoms with Gasteiger partial charge in [-0.25, -0.2) is 9.37 Å². The van der Waals surface area contributed by atoms with Crippen molar-refractivity contribution >= 4 is 0 Å². The maximum atomic E-state index is 14.3. The number of halogens is 1. The summed E-state index contributed by atoms with van der Waals surface area (Å²) in [6.45, 7) is 7.88. The second-order valence-corrected chi connectivity index (χ2v) is 6.35. The molecule has 1 heterocycles. The van der Waals surface area contributed by atoms with Crippen LogP contribution in [0.4, 0.5) is 4.39 Å². The Hall–Kier alpha value is -1.16. The normalized spacial score (nSPS) is 19.0. The third kappa shape index (κ3) is 3.92. The van der Waals surface area contributed by atoms with E-state index in [1.807, 2.05) is 6.92 Å². The molecule has 1 saturated carbocycles. The van der Waals surface area contributed by atoms with E-state index in [1.54, 1.807) is 12.3 Å². The molecule has 0 spiro atoms. The van der Waals surface area contributed by atoms with Crippen molar-refractivity contribution in [3.05, 3.63) is 23.6 Å². The zero-order valence-electron chi connectivity index (χ0n) is 12.7. The van der Waals surface area contributed by atoms with Crippen LogP contribution < -0.4 is 10.1 Å². The molecule has 0 aromatic carbocycles. The smallest absolute Gasteiger partial charge is 0.250 e. The molecule has 1 fully saturated rings. The van der Waals surface area contributed by atoms with Gasteiger partial charge >= 0.3 is 0 Å². The molecule has 112 valence electrons. The molecule has 20 heavy (non-hydrogen) atoms. The zero-order valence-corrected chi connectivity index (χ0v) is 12.7. The van der Waals surface area contributed by atoms with Crippen LogP contribution in [0.5, 0.6) is 5.88 Å². The van der Waals surface area contributed by atoms with Crippen molar-refractivity contribution in [2.45, 2.75) is 59.1 Å².